The lowest BCUT2D eigenvalue weighted by atomic mass is 9.96. The maximum absolute atomic E-state index is 12.1. The minimum Gasteiger partial charge on any atom is -0.452 e. The summed E-state index contributed by atoms with van der Waals surface area (Å²) in [6.45, 7) is 7.14. The Morgan fingerprint density at radius 2 is 1.96 bits per heavy atom. The van der Waals surface area contributed by atoms with E-state index in [9.17, 15) is 14.4 Å². The van der Waals surface area contributed by atoms with E-state index in [1.165, 1.54) is 6.08 Å². The van der Waals surface area contributed by atoms with Crippen LogP contribution in [0.2, 0.25) is 5.15 Å². The van der Waals surface area contributed by atoms with Crippen LogP contribution in [0.25, 0.3) is 6.08 Å². The third-order valence-electron chi connectivity index (χ3n) is 4.62. The van der Waals surface area contributed by atoms with E-state index >= 15 is 0 Å². The highest BCUT2D eigenvalue weighted by molar-refractivity contribution is 6.31. The number of aromatic nitrogens is 2. The van der Waals surface area contributed by atoms with Gasteiger partial charge in [0, 0.05) is 37.2 Å². The van der Waals surface area contributed by atoms with E-state index in [-0.39, 0.29) is 24.3 Å². The average molecular weight is 411 g/mol. The first-order chi connectivity index (χ1) is 13.2. The van der Waals surface area contributed by atoms with E-state index in [1.54, 1.807) is 15.7 Å². The summed E-state index contributed by atoms with van der Waals surface area (Å²) < 4.78 is 6.73. The molecule has 1 aliphatic rings. The van der Waals surface area contributed by atoms with Crippen molar-refractivity contribution >= 4 is 35.5 Å². The maximum atomic E-state index is 12.1. The number of carbonyl (C=O) groups is 3. The SMILES string of the molecule is Cc1nn(CC(C)C)c(Cl)c1/C=C/C(=O)OCC(=O)N1CCC(C(N)=O)CC1. The number of likely N-dealkylation sites (tertiary alicyclic amines) is 1. The van der Waals surface area contributed by atoms with E-state index in [0.29, 0.717) is 54.8 Å². The van der Waals surface area contributed by atoms with Gasteiger partial charge < -0.3 is 15.4 Å². The highest BCUT2D eigenvalue weighted by Crippen LogP contribution is 2.22. The number of nitrogens with two attached hydrogens (primary N) is 1. The van der Waals surface area contributed by atoms with Crippen LogP contribution in [0.3, 0.4) is 0 Å². The molecule has 2 N–H and O–H groups in total. The molecule has 2 rings (SSSR count). The van der Waals surface area contributed by atoms with Crippen LogP contribution in [0.1, 0.15) is 37.9 Å². The number of rotatable bonds is 7. The highest BCUT2D eigenvalue weighted by Gasteiger charge is 2.26. The average Bonchev–Trinajstić information content (AvgIpc) is 2.90. The summed E-state index contributed by atoms with van der Waals surface area (Å²) in [5.74, 6) is -1.07. The molecule has 1 saturated heterocycles. The van der Waals surface area contributed by atoms with E-state index in [4.69, 9.17) is 22.1 Å². The molecular weight excluding hydrogens is 384 g/mol. The third kappa shape index (κ3) is 5.82. The molecule has 0 spiro atoms. The summed E-state index contributed by atoms with van der Waals surface area (Å²) in [7, 11) is 0. The predicted octanol–water partition coefficient (Wildman–Crippen LogP) is 1.78. The first kappa shape index (κ1) is 21.9. The van der Waals surface area contributed by atoms with Crippen molar-refractivity contribution in [2.24, 2.45) is 17.6 Å². The van der Waals surface area contributed by atoms with Crippen molar-refractivity contribution in [3.8, 4) is 0 Å². The second-order valence-corrected chi connectivity index (χ2v) is 7.72. The van der Waals surface area contributed by atoms with Gasteiger partial charge in [0.15, 0.2) is 6.61 Å². The molecule has 1 fully saturated rings. The van der Waals surface area contributed by atoms with Crippen molar-refractivity contribution in [1.82, 2.24) is 14.7 Å². The minimum atomic E-state index is -0.632. The van der Waals surface area contributed by atoms with Gasteiger partial charge in [-0.3, -0.25) is 14.3 Å². The van der Waals surface area contributed by atoms with E-state index in [1.807, 2.05) is 6.92 Å². The first-order valence-corrected chi connectivity index (χ1v) is 9.71. The van der Waals surface area contributed by atoms with Crippen molar-refractivity contribution in [3.05, 3.63) is 22.5 Å². The van der Waals surface area contributed by atoms with E-state index < -0.39 is 5.97 Å². The summed E-state index contributed by atoms with van der Waals surface area (Å²) >= 11 is 6.32. The quantitative estimate of drug-likeness (QED) is 0.544. The van der Waals surface area contributed by atoms with Gasteiger partial charge in [0.2, 0.25) is 5.91 Å². The van der Waals surface area contributed by atoms with Crippen LogP contribution in [0.4, 0.5) is 0 Å². The number of esters is 1. The summed E-state index contributed by atoms with van der Waals surface area (Å²) in [5.41, 5.74) is 6.64. The molecule has 0 unspecified atom stereocenters. The molecular formula is C19H27ClN4O4. The number of hydrogen-bond donors (Lipinski definition) is 1. The zero-order valence-electron chi connectivity index (χ0n) is 16.5. The van der Waals surface area contributed by atoms with Crippen LogP contribution in [0, 0.1) is 18.8 Å². The zero-order chi connectivity index (χ0) is 20.8. The van der Waals surface area contributed by atoms with Gasteiger partial charge in [0.25, 0.3) is 5.91 Å². The molecule has 8 nitrogen and oxygen atoms in total. The number of carbonyl (C=O) groups excluding carboxylic acids is 3. The predicted molar refractivity (Wildman–Crippen MR) is 105 cm³/mol. The molecule has 0 saturated carbocycles. The van der Waals surface area contributed by atoms with Gasteiger partial charge in [-0.2, -0.15) is 5.10 Å². The molecule has 9 heteroatoms. The molecule has 1 aromatic heterocycles. The summed E-state index contributed by atoms with van der Waals surface area (Å²) in [6.07, 6.45) is 3.86. The second kappa shape index (κ2) is 9.73. The molecule has 0 bridgehead atoms. The van der Waals surface area contributed by atoms with Crippen LogP contribution in [0.15, 0.2) is 6.08 Å². The summed E-state index contributed by atoms with van der Waals surface area (Å²) in [4.78, 5) is 36.8. The fourth-order valence-electron chi connectivity index (χ4n) is 3.06. The lowest BCUT2D eigenvalue weighted by Crippen LogP contribution is -2.43. The molecule has 0 aliphatic carbocycles. The fourth-order valence-corrected chi connectivity index (χ4v) is 3.37. The van der Waals surface area contributed by atoms with Crippen molar-refractivity contribution in [2.45, 2.75) is 40.2 Å². The van der Waals surface area contributed by atoms with Gasteiger partial charge in [-0.15, -0.1) is 0 Å². The van der Waals surface area contributed by atoms with Crippen molar-refractivity contribution in [2.75, 3.05) is 19.7 Å². The lowest BCUT2D eigenvalue weighted by molar-refractivity contribution is -0.149. The molecule has 1 aromatic rings. The number of nitrogens with zero attached hydrogens (tertiary/aromatic N) is 3. The Labute approximate surface area is 169 Å². The van der Waals surface area contributed by atoms with Crippen molar-refractivity contribution in [1.29, 1.82) is 0 Å². The monoisotopic (exact) mass is 410 g/mol. The largest absolute Gasteiger partial charge is 0.452 e. The number of hydrogen-bond acceptors (Lipinski definition) is 5. The molecule has 28 heavy (non-hydrogen) atoms. The van der Waals surface area contributed by atoms with Gasteiger partial charge in [-0.05, 0) is 31.8 Å². The molecule has 0 atom stereocenters. The van der Waals surface area contributed by atoms with E-state index in [0.717, 1.165) is 0 Å². The number of aryl methyl sites for hydroxylation is 1. The van der Waals surface area contributed by atoms with Crippen LogP contribution in [-0.4, -0.2) is 52.2 Å². The summed E-state index contributed by atoms with van der Waals surface area (Å²) in [5, 5.41) is 4.83. The summed E-state index contributed by atoms with van der Waals surface area (Å²) in [6, 6.07) is 0. The van der Waals surface area contributed by atoms with Crippen LogP contribution >= 0.6 is 11.6 Å². The Morgan fingerprint density at radius 1 is 1.32 bits per heavy atom. The van der Waals surface area contributed by atoms with Crippen LogP contribution in [-0.2, 0) is 25.7 Å². The molecule has 0 radical (unpaired) electrons. The minimum absolute atomic E-state index is 0.195. The normalized spacial score (nSPS) is 15.4. The standard InChI is InChI=1S/C19H27ClN4O4/c1-12(2)10-24-18(20)15(13(3)22-24)4-5-17(26)28-11-16(25)23-8-6-14(7-9-23)19(21)27/h4-5,12,14H,6-11H2,1-3H3,(H2,21,27)/b5-4+. The number of ether oxygens (including phenoxy) is 1. The Hall–Kier alpha value is -2.35. The molecule has 0 aromatic carbocycles. The first-order valence-electron chi connectivity index (χ1n) is 9.33. The van der Waals surface area contributed by atoms with Gasteiger partial charge in [0.1, 0.15) is 5.15 Å². The Balaban J connectivity index is 1.85. The smallest absolute Gasteiger partial charge is 0.331 e. The number of amides is 2. The van der Waals surface area contributed by atoms with Crippen molar-refractivity contribution < 1.29 is 19.1 Å². The topological polar surface area (TPSA) is 108 Å². The van der Waals surface area contributed by atoms with Gasteiger partial charge in [0.05, 0.1) is 5.69 Å². The third-order valence-corrected chi connectivity index (χ3v) is 5.02. The maximum Gasteiger partial charge on any atom is 0.331 e. The lowest BCUT2D eigenvalue weighted by Gasteiger charge is -2.30. The zero-order valence-corrected chi connectivity index (χ0v) is 17.2. The Bertz CT molecular complexity index is 764. The number of halogens is 1. The second-order valence-electron chi connectivity index (χ2n) is 7.36. The molecule has 154 valence electrons. The van der Waals surface area contributed by atoms with Crippen molar-refractivity contribution in [3.63, 3.8) is 0 Å². The van der Waals surface area contributed by atoms with Crippen LogP contribution in [0.5, 0.6) is 0 Å². The Kier molecular flexibility index (Phi) is 7.62. The number of piperidine rings is 1. The molecule has 1 aliphatic heterocycles. The number of primary amides is 1. The molecule has 2 amide bonds. The van der Waals surface area contributed by atoms with Gasteiger partial charge in [-0.25, -0.2) is 4.79 Å². The molecule has 2 heterocycles. The van der Waals surface area contributed by atoms with Gasteiger partial charge in [-0.1, -0.05) is 25.4 Å². The van der Waals surface area contributed by atoms with Crippen LogP contribution < -0.4 is 5.73 Å². The van der Waals surface area contributed by atoms with Gasteiger partial charge >= 0.3 is 5.97 Å². The fraction of sp³-hybridized carbons (Fsp3) is 0.579. The highest BCUT2D eigenvalue weighted by atomic mass is 35.5. The Morgan fingerprint density at radius 3 is 2.54 bits per heavy atom. The van der Waals surface area contributed by atoms with E-state index in [2.05, 4.69) is 18.9 Å².